The molecule has 1 rings (SSSR count). The Hall–Kier alpha value is -1.35. The number of nitrogens with two attached hydrogens (primary N) is 1. The van der Waals surface area contributed by atoms with Crippen molar-refractivity contribution in [2.75, 3.05) is 19.8 Å². The lowest BCUT2D eigenvalue weighted by molar-refractivity contribution is -0.148. The van der Waals surface area contributed by atoms with Crippen molar-refractivity contribution in [3.05, 3.63) is 35.9 Å². The number of esters is 1. The smallest absolute Gasteiger partial charge is 0.407 e. The van der Waals surface area contributed by atoms with Crippen LogP contribution < -0.4 is 11.1 Å². The van der Waals surface area contributed by atoms with E-state index in [-0.39, 0.29) is 55.1 Å². The monoisotopic (exact) mass is 590 g/mol. The van der Waals surface area contributed by atoms with Crippen molar-refractivity contribution in [1.29, 1.82) is 0 Å². The first-order chi connectivity index (χ1) is 15.9. The number of rotatable bonds is 18. The lowest BCUT2D eigenvalue weighted by atomic mass is 9.86. The Kier molecular flexibility index (Phi) is 20.1. The normalized spacial score (nSPS) is 12.5. The number of unbranched alkanes of at least 4 members (excludes halogenated alkanes) is 6. The molecular weight excluding hydrogens is 543 g/mol. The highest BCUT2D eigenvalue weighted by molar-refractivity contribution is 14.0. The number of hydrogen-bond donors (Lipinski definition) is 2. The first-order valence-corrected chi connectivity index (χ1v) is 12.8. The van der Waals surface area contributed by atoms with Crippen molar-refractivity contribution in [3.63, 3.8) is 0 Å². The quantitative estimate of drug-likeness (QED) is 0.120. The molecule has 0 radical (unpaired) electrons. The van der Waals surface area contributed by atoms with Crippen LogP contribution in [0.5, 0.6) is 0 Å². The van der Waals surface area contributed by atoms with Gasteiger partial charge < -0.3 is 20.5 Å². The van der Waals surface area contributed by atoms with Crippen LogP contribution in [0.15, 0.2) is 30.3 Å². The minimum Gasteiger partial charge on any atom is -0.462 e. The van der Waals surface area contributed by atoms with Crippen molar-refractivity contribution in [1.82, 2.24) is 5.32 Å². The minimum absolute atomic E-state index is 0. The number of benzene rings is 1. The molecule has 3 N–H and O–H groups in total. The summed E-state index contributed by atoms with van der Waals surface area (Å²) < 4.78 is 10.1. The molecule has 1 aromatic carbocycles. The van der Waals surface area contributed by atoms with Gasteiger partial charge in [-0.15, -0.1) is 24.0 Å². The number of amides is 1. The van der Waals surface area contributed by atoms with Gasteiger partial charge in [0.15, 0.2) is 0 Å². The summed E-state index contributed by atoms with van der Waals surface area (Å²) in [6.45, 7) is 6.35. The van der Waals surface area contributed by atoms with Gasteiger partial charge in [0.2, 0.25) is 0 Å². The highest BCUT2D eigenvalue weighted by atomic mass is 127. The van der Waals surface area contributed by atoms with Crippen molar-refractivity contribution in [2.24, 2.45) is 17.6 Å². The second kappa shape index (κ2) is 21.0. The second-order valence-electron chi connectivity index (χ2n) is 9.20. The van der Waals surface area contributed by atoms with Gasteiger partial charge in [0.1, 0.15) is 13.2 Å². The standard InChI is InChI=1S/C27H46N2O4.HI/c1-4-5-6-7-8-9-13-16-24(21-23-14-11-10-12-15-23)25(28)17-18-29-27(31)33-20-19-32-26(30)22(2)3;/h10-12,14-15,22,24-25H,4-9,13,16-21,28H2,1-3H3,(H,29,31);1H. The highest BCUT2D eigenvalue weighted by Gasteiger charge is 2.18. The molecule has 34 heavy (non-hydrogen) atoms. The van der Waals surface area contributed by atoms with Crippen molar-refractivity contribution < 1.29 is 19.1 Å². The Morgan fingerprint density at radius 1 is 0.912 bits per heavy atom. The first kappa shape index (κ1) is 32.7. The molecule has 0 fully saturated rings. The molecule has 0 saturated carbocycles. The molecule has 196 valence electrons. The van der Waals surface area contributed by atoms with E-state index in [1.807, 2.05) is 6.07 Å². The third-order valence-corrected chi connectivity index (χ3v) is 5.90. The van der Waals surface area contributed by atoms with Gasteiger partial charge in [0.25, 0.3) is 0 Å². The third kappa shape index (κ3) is 16.3. The van der Waals surface area contributed by atoms with Gasteiger partial charge in [0.05, 0.1) is 5.92 Å². The summed E-state index contributed by atoms with van der Waals surface area (Å²) in [5.41, 5.74) is 7.88. The van der Waals surface area contributed by atoms with Crippen molar-refractivity contribution >= 4 is 36.0 Å². The first-order valence-electron chi connectivity index (χ1n) is 12.8. The lowest BCUT2D eigenvalue weighted by Crippen LogP contribution is -2.36. The summed E-state index contributed by atoms with van der Waals surface area (Å²) in [6, 6.07) is 10.5. The fourth-order valence-electron chi connectivity index (χ4n) is 3.82. The largest absolute Gasteiger partial charge is 0.462 e. The van der Waals surface area contributed by atoms with Gasteiger partial charge in [0, 0.05) is 12.6 Å². The van der Waals surface area contributed by atoms with Crippen LogP contribution in [0, 0.1) is 11.8 Å². The number of carbonyl (C=O) groups is 2. The summed E-state index contributed by atoms with van der Waals surface area (Å²) >= 11 is 0. The van der Waals surface area contributed by atoms with Crippen LogP contribution in [0.3, 0.4) is 0 Å². The Morgan fingerprint density at radius 2 is 1.53 bits per heavy atom. The maximum atomic E-state index is 11.9. The molecule has 0 spiro atoms. The minimum atomic E-state index is -0.505. The molecular formula is C27H47IN2O4. The molecule has 1 aromatic rings. The van der Waals surface area contributed by atoms with E-state index >= 15 is 0 Å². The second-order valence-corrected chi connectivity index (χ2v) is 9.20. The SMILES string of the molecule is CCCCCCCCCC(Cc1ccccc1)C(N)CCNC(=O)OCCOC(=O)C(C)C.I. The van der Waals surface area contributed by atoms with E-state index < -0.39 is 6.09 Å². The molecule has 1 amide bonds. The number of hydrogen-bond acceptors (Lipinski definition) is 5. The summed E-state index contributed by atoms with van der Waals surface area (Å²) in [6.07, 6.45) is 11.3. The van der Waals surface area contributed by atoms with Crippen LogP contribution in [-0.4, -0.2) is 37.9 Å². The van der Waals surface area contributed by atoms with E-state index in [4.69, 9.17) is 15.2 Å². The van der Waals surface area contributed by atoms with Crippen LogP contribution in [0.4, 0.5) is 4.79 Å². The topological polar surface area (TPSA) is 90.7 Å². The maximum Gasteiger partial charge on any atom is 0.407 e. The predicted molar refractivity (Wildman–Crippen MR) is 149 cm³/mol. The number of alkyl carbamates (subject to hydrolysis) is 1. The molecule has 0 bridgehead atoms. The van der Waals surface area contributed by atoms with E-state index in [0.717, 1.165) is 12.8 Å². The summed E-state index contributed by atoms with van der Waals surface area (Å²) in [5.74, 6) is -0.100. The van der Waals surface area contributed by atoms with Crippen LogP contribution >= 0.6 is 24.0 Å². The number of carbonyl (C=O) groups excluding carboxylic acids is 2. The summed E-state index contributed by atoms with van der Waals surface area (Å²) in [7, 11) is 0. The molecule has 2 atom stereocenters. The van der Waals surface area contributed by atoms with Gasteiger partial charge in [-0.3, -0.25) is 4.79 Å². The van der Waals surface area contributed by atoms with Gasteiger partial charge in [-0.05, 0) is 30.7 Å². The van der Waals surface area contributed by atoms with Gasteiger partial charge >= 0.3 is 12.1 Å². The number of ether oxygens (including phenoxy) is 2. The zero-order valence-electron chi connectivity index (χ0n) is 21.4. The van der Waals surface area contributed by atoms with E-state index in [2.05, 4.69) is 36.5 Å². The molecule has 0 aliphatic carbocycles. The maximum absolute atomic E-state index is 11.9. The summed E-state index contributed by atoms with van der Waals surface area (Å²) in [5, 5.41) is 2.76. The predicted octanol–water partition coefficient (Wildman–Crippen LogP) is 6.25. The van der Waals surface area contributed by atoms with Crippen molar-refractivity contribution in [2.45, 2.75) is 91.0 Å². The summed E-state index contributed by atoms with van der Waals surface area (Å²) in [4.78, 5) is 23.3. The lowest BCUT2D eigenvalue weighted by Gasteiger charge is -2.24. The number of halogens is 1. The Balaban J connectivity index is 0.0000109. The average Bonchev–Trinajstić information content (AvgIpc) is 2.80. The zero-order chi connectivity index (χ0) is 24.3. The fraction of sp³-hybridized carbons (Fsp3) is 0.704. The molecule has 2 unspecified atom stereocenters. The third-order valence-electron chi connectivity index (χ3n) is 5.90. The molecule has 6 nitrogen and oxygen atoms in total. The molecule has 0 saturated heterocycles. The van der Waals surface area contributed by atoms with Crippen LogP contribution in [0.2, 0.25) is 0 Å². The van der Waals surface area contributed by atoms with E-state index in [0.29, 0.717) is 18.9 Å². The molecule has 7 heteroatoms. The van der Waals surface area contributed by atoms with E-state index in [1.54, 1.807) is 13.8 Å². The van der Waals surface area contributed by atoms with Crippen LogP contribution in [0.1, 0.15) is 84.1 Å². The molecule has 0 aromatic heterocycles. The molecule has 0 heterocycles. The highest BCUT2D eigenvalue weighted by Crippen LogP contribution is 2.21. The Labute approximate surface area is 224 Å². The van der Waals surface area contributed by atoms with E-state index in [1.165, 1.54) is 50.5 Å². The fourth-order valence-corrected chi connectivity index (χ4v) is 3.82. The number of nitrogens with one attached hydrogen (secondary N) is 1. The zero-order valence-corrected chi connectivity index (χ0v) is 23.8. The van der Waals surface area contributed by atoms with Gasteiger partial charge in [-0.2, -0.15) is 0 Å². The van der Waals surface area contributed by atoms with E-state index in [9.17, 15) is 9.59 Å². The average molecular weight is 591 g/mol. The van der Waals surface area contributed by atoms with Crippen LogP contribution in [-0.2, 0) is 20.7 Å². The van der Waals surface area contributed by atoms with Crippen molar-refractivity contribution in [3.8, 4) is 0 Å². The van der Waals surface area contributed by atoms with Gasteiger partial charge in [-0.1, -0.05) is 96.0 Å². The van der Waals surface area contributed by atoms with Gasteiger partial charge in [-0.25, -0.2) is 4.79 Å². The molecule has 0 aliphatic rings. The Morgan fingerprint density at radius 3 is 2.18 bits per heavy atom. The molecule has 0 aliphatic heterocycles. The van der Waals surface area contributed by atoms with Crippen LogP contribution in [0.25, 0.3) is 0 Å². The Bertz CT molecular complexity index is 643.